The normalized spacial score (nSPS) is 19.6. The fourth-order valence-electron chi connectivity index (χ4n) is 1.71. The summed E-state index contributed by atoms with van der Waals surface area (Å²) in [7, 11) is 0. The van der Waals surface area contributed by atoms with E-state index in [0.717, 1.165) is 27.6 Å². The Morgan fingerprint density at radius 1 is 1.19 bits per heavy atom. The zero-order valence-corrected chi connectivity index (χ0v) is 9.89. The molecular weight excluding hydrogens is 270 g/mol. The van der Waals surface area contributed by atoms with Crippen LogP contribution in [0.1, 0.15) is 18.1 Å². The Labute approximate surface area is 100 Å². The highest BCUT2D eigenvalue weighted by atomic mass is 79.9. The van der Waals surface area contributed by atoms with Gasteiger partial charge in [-0.25, -0.2) is 0 Å². The van der Waals surface area contributed by atoms with Gasteiger partial charge in [-0.1, -0.05) is 11.2 Å². The molecule has 0 N–H and O–H groups in total. The van der Waals surface area contributed by atoms with Crippen LogP contribution >= 0.6 is 15.9 Å². The van der Waals surface area contributed by atoms with E-state index in [-0.39, 0.29) is 6.10 Å². The van der Waals surface area contributed by atoms with Crippen molar-refractivity contribution in [3.63, 3.8) is 0 Å². The van der Waals surface area contributed by atoms with Crippen LogP contribution in [-0.4, -0.2) is 14.6 Å². The lowest BCUT2D eigenvalue weighted by Gasteiger charge is -2.08. The van der Waals surface area contributed by atoms with E-state index in [2.05, 4.69) is 31.1 Å². The summed E-state index contributed by atoms with van der Waals surface area (Å²) >= 11 is 3.32. The molecule has 4 nitrogen and oxygen atoms in total. The second kappa shape index (κ2) is 3.83. The van der Waals surface area contributed by atoms with E-state index < -0.39 is 0 Å². The molecule has 0 saturated heterocycles. The minimum Gasteiger partial charge on any atom is -0.386 e. The van der Waals surface area contributed by atoms with Crippen molar-refractivity contribution in [2.75, 3.05) is 0 Å². The van der Waals surface area contributed by atoms with Gasteiger partial charge in [0.25, 0.3) is 0 Å². The highest BCUT2D eigenvalue weighted by molar-refractivity contribution is 9.18. The summed E-state index contributed by atoms with van der Waals surface area (Å²) in [6.45, 7) is 0. The van der Waals surface area contributed by atoms with Crippen molar-refractivity contribution in [3.05, 3.63) is 36.2 Å². The zero-order chi connectivity index (χ0) is 11.0. The Morgan fingerprint density at radius 3 is 2.75 bits per heavy atom. The molecule has 0 amide bonds. The third kappa shape index (κ3) is 1.67. The molecule has 1 unspecified atom stereocenters. The maximum absolute atomic E-state index is 5.29. The quantitative estimate of drug-likeness (QED) is 0.805. The van der Waals surface area contributed by atoms with E-state index in [1.165, 1.54) is 0 Å². The maximum Gasteiger partial charge on any atom is 0.158 e. The number of rotatable bonds is 1. The monoisotopic (exact) mass is 277 g/mol. The summed E-state index contributed by atoms with van der Waals surface area (Å²) in [5.41, 5.74) is 2.85. The Morgan fingerprint density at radius 2 is 2.00 bits per heavy atom. The summed E-state index contributed by atoms with van der Waals surface area (Å²) in [5, 5.41) is 3.87. The van der Waals surface area contributed by atoms with Crippen LogP contribution in [0.4, 0.5) is 0 Å². The fourth-order valence-corrected chi connectivity index (χ4v) is 2.09. The minimum atomic E-state index is -0.0132. The summed E-state index contributed by atoms with van der Waals surface area (Å²) < 4.78 is 0.844. The van der Waals surface area contributed by atoms with Crippen LogP contribution in [0.15, 0.2) is 35.7 Å². The van der Waals surface area contributed by atoms with Gasteiger partial charge < -0.3 is 4.84 Å². The molecule has 1 aliphatic heterocycles. The van der Waals surface area contributed by atoms with Gasteiger partial charge in [-0.2, -0.15) is 0 Å². The molecule has 1 atom stereocenters. The lowest BCUT2D eigenvalue weighted by molar-refractivity contribution is 0.0858. The average molecular weight is 278 g/mol. The molecule has 3 rings (SSSR count). The predicted molar refractivity (Wildman–Crippen MR) is 64.3 cm³/mol. The summed E-state index contributed by atoms with van der Waals surface area (Å²) in [4.78, 5) is 13.8. The second-order valence-electron chi connectivity index (χ2n) is 3.57. The molecule has 0 bridgehead atoms. The van der Waals surface area contributed by atoms with Gasteiger partial charge in [-0.15, -0.1) is 0 Å². The number of aromatic nitrogens is 2. The van der Waals surface area contributed by atoms with Gasteiger partial charge in [0.1, 0.15) is 4.62 Å². The average Bonchev–Trinajstić information content (AvgIpc) is 2.75. The molecule has 0 saturated carbocycles. The molecule has 0 aliphatic carbocycles. The minimum absolute atomic E-state index is 0.0132. The fraction of sp³-hybridized carbons (Fsp3) is 0.182. The van der Waals surface area contributed by atoms with E-state index in [0.29, 0.717) is 0 Å². The van der Waals surface area contributed by atoms with Gasteiger partial charge in [-0.05, 0) is 33.6 Å². The molecular formula is C11H8BrN3O. The standard InChI is InChI=1S/C11H8BrN3O/c12-11-6-10(16-15-11)7-1-2-8-9(5-7)14-4-3-13-8/h1-5,10H,6H2. The van der Waals surface area contributed by atoms with Crippen LogP contribution in [0.2, 0.25) is 0 Å². The van der Waals surface area contributed by atoms with Crippen molar-refractivity contribution in [1.29, 1.82) is 0 Å². The molecule has 16 heavy (non-hydrogen) atoms. The molecule has 5 heteroatoms. The number of halogens is 1. The Hall–Kier alpha value is -1.49. The molecule has 0 spiro atoms. The molecule has 0 fully saturated rings. The molecule has 2 heterocycles. The lowest BCUT2D eigenvalue weighted by Crippen LogP contribution is -1.97. The number of benzene rings is 1. The van der Waals surface area contributed by atoms with E-state index in [1.807, 2.05) is 18.2 Å². The first kappa shape index (κ1) is 9.72. The zero-order valence-electron chi connectivity index (χ0n) is 8.30. The molecule has 80 valence electrons. The lowest BCUT2D eigenvalue weighted by atomic mass is 10.1. The Bertz CT molecular complexity index is 570. The summed E-state index contributed by atoms with van der Waals surface area (Å²) in [5.74, 6) is 0. The number of hydrogen-bond acceptors (Lipinski definition) is 4. The molecule has 2 aromatic rings. The first-order chi connectivity index (χ1) is 7.83. The predicted octanol–water partition coefficient (Wildman–Crippen LogP) is 2.80. The number of hydrogen-bond donors (Lipinski definition) is 0. The largest absolute Gasteiger partial charge is 0.386 e. The van der Waals surface area contributed by atoms with Crippen molar-refractivity contribution in [3.8, 4) is 0 Å². The first-order valence-electron chi connectivity index (χ1n) is 4.92. The van der Waals surface area contributed by atoms with Gasteiger partial charge in [0.05, 0.1) is 11.0 Å². The number of oxime groups is 1. The number of fused-ring (bicyclic) bond motifs is 1. The molecule has 1 aromatic heterocycles. The van der Waals surface area contributed by atoms with E-state index in [1.54, 1.807) is 12.4 Å². The van der Waals surface area contributed by atoms with Crippen molar-refractivity contribution < 1.29 is 4.84 Å². The van der Waals surface area contributed by atoms with Crippen molar-refractivity contribution in [2.45, 2.75) is 12.5 Å². The summed E-state index contributed by atoms with van der Waals surface area (Å²) in [6.07, 6.45) is 4.13. The highest BCUT2D eigenvalue weighted by Gasteiger charge is 2.21. The smallest absolute Gasteiger partial charge is 0.158 e. The van der Waals surface area contributed by atoms with Crippen LogP contribution in [0, 0.1) is 0 Å². The van der Waals surface area contributed by atoms with Crippen LogP contribution in [0.5, 0.6) is 0 Å². The third-order valence-electron chi connectivity index (χ3n) is 2.50. The van der Waals surface area contributed by atoms with E-state index in [4.69, 9.17) is 4.84 Å². The van der Waals surface area contributed by atoms with Crippen LogP contribution in [0.3, 0.4) is 0 Å². The van der Waals surface area contributed by atoms with Crippen LogP contribution < -0.4 is 0 Å². The van der Waals surface area contributed by atoms with Gasteiger partial charge in [-0.3, -0.25) is 9.97 Å². The molecule has 0 radical (unpaired) electrons. The maximum atomic E-state index is 5.29. The Kier molecular flexibility index (Phi) is 2.32. The van der Waals surface area contributed by atoms with Gasteiger partial charge in [0.15, 0.2) is 6.10 Å². The van der Waals surface area contributed by atoms with E-state index >= 15 is 0 Å². The first-order valence-corrected chi connectivity index (χ1v) is 5.71. The second-order valence-corrected chi connectivity index (χ2v) is 4.49. The highest BCUT2D eigenvalue weighted by Crippen LogP contribution is 2.29. The topological polar surface area (TPSA) is 47.4 Å². The van der Waals surface area contributed by atoms with Gasteiger partial charge in [0, 0.05) is 18.8 Å². The van der Waals surface area contributed by atoms with Gasteiger partial charge in [0.2, 0.25) is 0 Å². The summed E-state index contributed by atoms with van der Waals surface area (Å²) in [6, 6.07) is 5.95. The Balaban J connectivity index is 1.99. The van der Waals surface area contributed by atoms with Crippen molar-refractivity contribution >= 4 is 31.6 Å². The third-order valence-corrected chi connectivity index (χ3v) is 2.97. The molecule has 1 aromatic carbocycles. The van der Waals surface area contributed by atoms with Crippen molar-refractivity contribution in [2.24, 2.45) is 5.16 Å². The van der Waals surface area contributed by atoms with E-state index in [9.17, 15) is 0 Å². The SMILES string of the molecule is BrC1=NOC(c2ccc3nccnc3c2)C1. The number of nitrogens with zero attached hydrogens (tertiary/aromatic N) is 3. The molecule has 1 aliphatic rings. The van der Waals surface area contributed by atoms with Crippen LogP contribution in [0.25, 0.3) is 11.0 Å². The van der Waals surface area contributed by atoms with Crippen LogP contribution in [-0.2, 0) is 4.84 Å². The van der Waals surface area contributed by atoms with Gasteiger partial charge >= 0.3 is 0 Å². The van der Waals surface area contributed by atoms with Crippen molar-refractivity contribution in [1.82, 2.24) is 9.97 Å².